The Balaban J connectivity index is 1.49. The molecule has 2 N–H and O–H groups in total. The van der Waals surface area contributed by atoms with Gasteiger partial charge in [0.2, 0.25) is 0 Å². The first-order chi connectivity index (χ1) is 17.1. The van der Waals surface area contributed by atoms with E-state index in [1.54, 1.807) is 13.4 Å². The quantitative estimate of drug-likeness (QED) is 0.573. The molecule has 9 nitrogen and oxygen atoms in total. The van der Waals surface area contributed by atoms with Gasteiger partial charge in [-0.3, -0.25) is 4.79 Å². The van der Waals surface area contributed by atoms with Crippen LogP contribution in [0, 0.1) is 0 Å². The summed E-state index contributed by atoms with van der Waals surface area (Å²) in [6.45, 7) is 2.37. The van der Waals surface area contributed by atoms with E-state index in [0.29, 0.717) is 17.5 Å². The Labute approximate surface area is 205 Å². The van der Waals surface area contributed by atoms with Gasteiger partial charge in [0.15, 0.2) is 18.1 Å². The second-order valence-corrected chi connectivity index (χ2v) is 9.51. The van der Waals surface area contributed by atoms with E-state index in [-0.39, 0.29) is 12.5 Å². The fourth-order valence-corrected chi connectivity index (χ4v) is 5.26. The summed E-state index contributed by atoms with van der Waals surface area (Å²) in [7, 11) is 3.72. The van der Waals surface area contributed by atoms with Crippen LogP contribution in [-0.2, 0) is 11.3 Å². The molecule has 186 valence electrons. The monoisotopic (exact) mass is 478 g/mol. The number of fused-ring (bicyclic) bond motifs is 2. The molecular formula is C26H34N6O3. The first-order valence-electron chi connectivity index (χ1n) is 12.5. The van der Waals surface area contributed by atoms with E-state index in [2.05, 4.69) is 37.1 Å². The van der Waals surface area contributed by atoms with Crippen molar-refractivity contribution in [1.82, 2.24) is 24.8 Å². The number of amides is 1. The number of hydrogen-bond donors (Lipinski definition) is 2. The lowest BCUT2D eigenvalue weighted by Gasteiger charge is -2.35. The minimum Gasteiger partial charge on any atom is -0.493 e. The molecule has 1 saturated carbocycles. The van der Waals surface area contributed by atoms with Gasteiger partial charge >= 0.3 is 0 Å². The summed E-state index contributed by atoms with van der Waals surface area (Å²) in [4.78, 5) is 29.9. The van der Waals surface area contributed by atoms with Gasteiger partial charge in [-0.25, -0.2) is 9.97 Å². The smallest absolute Gasteiger partial charge is 0.260 e. The largest absolute Gasteiger partial charge is 0.493 e. The van der Waals surface area contributed by atoms with Gasteiger partial charge in [-0.2, -0.15) is 0 Å². The number of H-pyrrole nitrogens is 1. The minimum absolute atomic E-state index is 0.00807. The highest BCUT2D eigenvalue weighted by Gasteiger charge is 2.26. The molecule has 0 saturated heterocycles. The van der Waals surface area contributed by atoms with Crippen LogP contribution in [0.5, 0.6) is 11.5 Å². The Morgan fingerprint density at radius 2 is 1.97 bits per heavy atom. The zero-order valence-electron chi connectivity index (χ0n) is 20.5. The number of ether oxygens (including phenoxy) is 2. The average Bonchev–Trinajstić information content (AvgIpc) is 3.29. The van der Waals surface area contributed by atoms with Crippen LogP contribution in [0.25, 0.3) is 11.0 Å². The predicted molar refractivity (Wildman–Crippen MR) is 135 cm³/mol. The molecule has 0 spiro atoms. The zero-order chi connectivity index (χ0) is 24.2. The van der Waals surface area contributed by atoms with Crippen molar-refractivity contribution in [3.63, 3.8) is 0 Å². The molecule has 2 aliphatic rings. The van der Waals surface area contributed by atoms with E-state index >= 15 is 0 Å². The Morgan fingerprint density at radius 1 is 1.11 bits per heavy atom. The topological polar surface area (TPSA) is 95.6 Å². The third-order valence-electron chi connectivity index (χ3n) is 7.04. The third-order valence-corrected chi connectivity index (χ3v) is 7.04. The predicted octanol–water partition coefficient (Wildman–Crippen LogP) is 4.09. The molecule has 2 aromatic heterocycles. The Kier molecular flexibility index (Phi) is 7.03. The molecule has 1 aliphatic carbocycles. The summed E-state index contributed by atoms with van der Waals surface area (Å²) in [5.74, 6) is 1.88. The van der Waals surface area contributed by atoms with E-state index in [9.17, 15) is 4.79 Å². The fourth-order valence-electron chi connectivity index (χ4n) is 5.26. The summed E-state index contributed by atoms with van der Waals surface area (Å²) in [5.41, 5.74) is 2.72. The standard InChI is InChI=1S/C26H34N6O3/c1-31-11-6-12-32(20-7-4-3-5-8-20)23(33)16-35-22-13-19(9-10-21(22)34-2)30-26-24-18(15-31)14-27-25(24)28-17-29-26/h9-10,13-14,17,20H,3-8,11-12,15-16H2,1-2H3,(H2,27,28,29,30). The number of hydrogen-bond acceptors (Lipinski definition) is 7. The maximum atomic E-state index is 13.3. The molecule has 0 atom stereocenters. The van der Waals surface area contributed by atoms with Crippen LogP contribution in [0.3, 0.4) is 0 Å². The van der Waals surface area contributed by atoms with Gasteiger partial charge in [0, 0.05) is 37.1 Å². The number of rotatable bonds is 2. The van der Waals surface area contributed by atoms with Crippen LogP contribution in [0.15, 0.2) is 30.7 Å². The van der Waals surface area contributed by atoms with Crippen molar-refractivity contribution in [2.45, 2.75) is 51.1 Å². The molecule has 1 amide bonds. The lowest BCUT2D eigenvalue weighted by atomic mass is 9.94. The molecule has 2 bridgehead atoms. The van der Waals surface area contributed by atoms with E-state index in [1.165, 1.54) is 19.3 Å². The summed E-state index contributed by atoms with van der Waals surface area (Å²) >= 11 is 0. The van der Waals surface area contributed by atoms with E-state index in [4.69, 9.17) is 9.47 Å². The molecule has 0 unspecified atom stereocenters. The molecule has 5 rings (SSSR count). The SMILES string of the molecule is COc1ccc2cc1OCC(=O)N(C1CCCCC1)CCCN(C)Cc1c[nH]c3ncnc(c13)N2. The summed E-state index contributed by atoms with van der Waals surface area (Å²) in [6.07, 6.45) is 10.2. The highest BCUT2D eigenvalue weighted by Crippen LogP contribution is 2.33. The number of aromatic amines is 1. The summed E-state index contributed by atoms with van der Waals surface area (Å²) < 4.78 is 11.6. The molecule has 35 heavy (non-hydrogen) atoms. The van der Waals surface area contributed by atoms with Gasteiger partial charge in [0.25, 0.3) is 5.91 Å². The summed E-state index contributed by atoms with van der Waals surface area (Å²) in [6, 6.07) is 5.91. The van der Waals surface area contributed by atoms with Gasteiger partial charge in [-0.05, 0) is 50.6 Å². The molecule has 1 aliphatic heterocycles. The van der Waals surface area contributed by atoms with Gasteiger partial charge < -0.3 is 29.6 Å². The van der Waals surface area contributed by atoms with Crippen molar-refractivity contribution < 1.29 is 14.3 Å². The van der Waals surface area contributed by atoms with Crippen LogP contribution >= 0.6 is 0 Å². The summed E-state index contributed by atoms with van der Waals surface area (Å²) in [5, 5.41) is 4.39. The second-order valence-electron chi connectivity index (χ2n) is 9.51. The Bertz CT molecular complexity index is 1170. The van der Waals surface area contributed by atoms with Crippen molar-refractivity contribution in [1.29, 1.82) is 0 Å². The van der Waals surface area contributed by atoms with Crippen molar-refractivity contribution in [3.05, 3.63) is 36.3 Å². The lowest BCUT2D eigenvalue weighted by Crippen LogP contribution is -2.45. The van der Waals surface area contributed by atoms with Crippen molar-refractivity contribution in [2.24, 2.45) is 0 Å². The molecule has 3 heterocycles. The first kappa shape index (κ1) is 23.4. The van der Waals surface area contributed by atoms with Gasteiger partial charge in [-0.1, -0.05) is 19.3 Å². The van der Waals surface area contributed by atoms with Crippen LogP contribution in [-0.4, -0.2) is 70.6 Å². The first-order valence-corrected chi connectivity index (χ1v) is 12.5. The number of carbonyl (C=O) groups excluding carboxylic acids is 1. The Hall–Kier alpha value is -3.33. The van der Waals surface area contributed by atoms with E-state index in [1.807, 2.05) is 24.4 Å². The number of carbonyl (C=O) groups is 1. The number of nitrogens with one attached hydrogen (secondary N) is 2. The maximum Gasteiger partial charge on any atom is 0.260 e. The number of aromatic nitrogens is 3. The molecular weight excluding hydrogens is 444 g/mol. The maximum absolute atomic E-state index is 13.3. The second kappa shape index (κ2) is 10.5. The fraction of sp³-hybridized carbons (Fsp3) is 0.500. The average molecular weight is 479 g/mol. The lowest BCUT2D eigenvalue weighted by molar-refractivity contribution is -0.136. The molecule has 0 radical (unpaired) electrons. The number of benzene rings is 1. The van der Waals surface area contributed by atoms with Crippen molar-refractivity contribution in [3.8, 4) is 11.5 Å². The highest BCUT2D eigenvalue weighted by atomic mass is 16.5. The molecule has 1 aromatic carbocycles. The zero-order valence-corrected chi connectivity index (χ0v) is 20.5. The third kappa shape index (κ3) is 5.19. The van der Waals surface area contributed by atoms with Crippen LogP contribution < -0.4 is 14.8 Å². The van der Waals surface area contributed by atoms with Crippen molar-refractivity contribution >= 4 is 28.4 Å². The van der Waals surface area contributed by atoms with Gasteiger partial charge in [0.1, 0.15) is 17.8 Å². The Morgan fingerprint density at radius 3 is 2.80 bits per heavy atom. The van der Waals surface area contributed by atoms with Crippen LogP contribution in [0.2, 0.25) is 0 Å². The van der Waals surface area contributed by atoms with Gasteiger partial charge in [-0.15, -0.1) is 0 Å². The molecule has 1 fully saturated rings. The van der Waals surface area contributed by atoms with Gasteiger partial charge in [0.05, 0.1) is 12.5 Å². The minimum atomic E-state index is -0.00807. The van der Waals surface area contributed by atoms with E-state index < -0.39 is 0 Å². The number of nitrogens with zero attached hydrogens (tertiary/aromatic N) is 4. The number of methoxy groups -OCH3 is 1. The highest BCUT2D eigenvalue weighted by molar-refractivity contribution is 5.92. The molecule has 9 heteroatoms. The van der Waals surface area contributed by atoms with E-state index in [0.717, 1.165) is 67.0 Å². The van der Waals surface area contributed by atoms with Crippen molar-refractivity contribution in [2.75, 3.05) is 39.2 Å². The normalized spacial score (nSPS) is 18.8. The van der Waals surface area contributed by atoms with Crippen LogP contribution in [0.1, 0.15) is 44.1 Å². The number of anilines is 2. The molecule has 3 aromatic rings. The van der Waals surface area contributed by atoms with Crippen LogP contribution in [0.4, 0.5) is 11.5 Å².